The van der Waals surface area contributed by atoms with Gasteiger partial charge in [0.05, 0.1) is 12.6 Å². The lowest BCUT2D eigenvalue weighted by Gasteiger charge is -2.34. The Bertz CT molecular complexity index is 771. The van der Waals surface area contributed by atoms with Gasteiger partial charge in [0.1, 0.15) is 0 Å². The van der Waals surface area contributed by atoms with Crippen molar-refractivity contribution in [2.45, 2.75) is 58.7 Å². The van der Waals surface area contributed by atoms with Crippen molar-refractivity contribution in [2.24, 2.45) is 0 Å². The van der Waals surface area contributed by atoms with E-state index >= 15 is 0 Å². The van der Waals surface area contributed by atoms with E-state index in [0.717, 1.165) is 32.7 Å². The number of hydrogen-bond donors (Lipinski definition) is 0. The Morgan fingerprint density at radius 3 is 2.52 bits per heavy atom. The molecule has 25 heavy (non-hydrogen) atoms. The first-order chi connectivity index (χ1) is 12.1. The maximum absolute atomic E-state index is 13.1. The third-order valence-corrected chi connectivity index (χ3v) is 5.95. The van der Waals surface area contributed by atoms with Crippen molar-refractivity contribution in [2.75, 3.05) is 19.6 Å². The van der Waals surface area contributed by atoms with Gasteiger partial charge in [-0.2, -0.15) is 0 Å². The van der Waals surface area contributed by atoms with Crippen molar-refractivity contribution in [1.29, 1.82) is 0 Å². The molecule has 0 aliphatic carbocycles. The lowest BCUT2D eigenvalue weighted by atomic mass is 10.2. The van der Waals surface area contributed by atoms with Gasteiger partial charge < -0.3 is 9.47 Å². The fraction of sp³-hybridized carbons (Fsp3) is 0.571. The maximum atomic E-state index is 13.1. The zero-order valence-corrected chi connectivity index (χ0v) is 15.5. The van der Waals surface area contributed by atoms with E-state index in [9.17, 15) is 4.79 Å². The van der Waals surface area contributed by atoms with Crippen molar-refractivity contribution in [3.63, 3.8) is 0 Å². The highest BCUT2D eigenvalue weighted by molar-refractivity contribution is 5.84. The molecule has 4 rings (SSSR count). The number of hydrogen-bond acceptors (Lipinski definition) is 2. The number of fused-ring (bicyclic) bond motifs is 3. The second-order valence-corrected chi connectivity index (χ2v) is 7.74. The van der Waals surface area contributed by atoms with Gasteiger partial charge in [0.25, 0.3) is 0 Å². The second-order valence-electron chi connectivity index (χ2n) is 7.74. The third kappa shape index (κ3) is 3.20. The number of nitrogens with zero attached hydrogens (tertiary/aromatic N) is 3. The Morgan fingerprint density at radius 1 is 1.00 bits per heavy atom. The molecule has 1 aromatic heterocycles. The average molecular weight is 339 g/mol. The summed E-state index contributed by atoms with van der Waals surface area (Å²) in [6.07, 6.45) is 5.07. The fourth-order valence-electron chi connectivity index (χ4n) is 4.43. The predicted octanol–water partition coefficient (Wildman–Crippen LogP) is 3.56. The van der Waals surface area contributed by atoms with Crippen molar-refractivity contribution in [1.82, 2.24) is 14.4 Å². The van der Waals surface area contributed by atoms with Crippen LogP contribution in [0.2, 0.25) is 0 Å². The molecule has 134 valence electrons. The molecule has 2 aliphatic rings. The van der Waals surface area contributed by atoms with Gasteiger partial charge in [0.2, 0.25) is 5.91 Å². The van der Waals surface area contributed by atoms with Gasteiger partial charge in [-0.15, -0.1) is 0 Å². The number of carbonyl (C=O) groups is 1. The molecule has 1 aromatic carbocycles. The molecule has 1 amide bonds. The van der Waals surface area contributed by atoms with Crippen LogP contribution in [0.25, 0.3) is 10.9 Å². The minimum atomic E-state index is 0.0104. The van der Waals surface area contributed by atoms with Gasteiger partial charge >= 0.3 is 0 Å². The summed E-state index contributed by atoms with van der Waals surface area (Å²) in [7, 11) is 0. The molecule has 0 spiro atoms. The molecule has 4 heteroatoms. The minimum Gasteiger partial charge on any atom is -0.341 e. The molecule has 2 aliphatic heterocycles. The smallest absolute Gasteiger partial charge is 0.240 e. The van der Waals surface area contributed by atoms with Crippen molar-refractivity contribution in [3.8, 4) is 0 Å². The van der Waals surface area contributed by atoms with Crippen molar-refractivity contribution >= 4 is 16.8 Å². The highest BCUT2D eigenvalue weighted by Gasteiger charge is 2.29. The molecule has 0 bridgehead atoms. The fourth-order valence-corrected chi connectivity index (χ4v) is 4.43. The molecule has 1 saturated heterocycles. The Hall–Kier alpha value is -1.81. The maximum Gasteiger partial charge on any atom is 0.240 e. The monoisotopic (exact) mass is 339 g/mol. The normalized spacial score (nSPS) is 20.3. The van der Waals surface area contributed by atoms with Crippen LogP contribution in [0.5, 0.6) is 0 Å². The molecule has 2 aromatic rings. The molecule has 0 radical (unpaired) electrons. The summed E-state index contributed by atoms with van der Waals surface area (Å²) in [5.41, 5.74) is 3.86. The minimum absolute atomic E-state index is 0.0104. The Kier molecular flexibility index (Phi) is 4.55. The van der Waals surface area contributed by atoms with Gasteiger partial charge in [0, 0.05) is 29.7 Å². The van der Waals surface area contributed by atoms with Gasteiger partial charge in [-0.25, -0.2) is 0 Å². The first-order valence-corrected chi connectivity index (χ1v) is 9.75. The van der Waals surface area contributed by atoms with Crippen LogP contribution in [0.15, 0.2) is 24.3 Å². The molecule has 4 nitrogen and oxygen atoms in total. The summed E-state index contributed by atoms with van der Waals surface area (Å²) in [5, 5.41) is 1.30. The lowest BCUT2D eigenvalue weighted by molar-refractivity contribution is -0.137. The summed E-state index contributed by atoms with van der Waals surface area (Å²) in [5.74, 6) is 0.301. The summed E-state index contributed by atoms with van der Waals surface area (Å²) in [6, 6.07) is 8.90. The molecule has 3 heterocycles. The van der Waals surface area contributed by atoms with E-state index < -0.39 is 0 Å². The summed E-state index contributed by atoms with van der Waals surface area (Å²) in [6.45, 7) is 8.84. The highest BCUT2D eigenvalue weighted by Crippen LogP contribution is 2.26. The summed E-state index contributed by atoms with van der Waals surface area (Å²) in [4.78, 5) is 17.5. The quantitative estimate of drug-likeness (QED) is 0.837. The van der Waals surface area contributed by atoms with E-state index in [1.54, 1.807) is 0 Å². The number of amides is 1. The number of aromatic nitrogens is 1. The van der Waals surface area contributed by atoms with E-state index in [0.29, 0.717) is 5.91 Å². The largest absolute Gasteiger partial charge is 0.341 e. The molecular formula is C21H29N3O. The molecule has 0 saturated carbocycles. The molecule has 0 N–H and O–H groups in total. The van der Waals surface area contributed by atoms with Crippen LogP contribution in [0.1, 0.15) is 43.9 Å². The van der Waals surface area contributed by atoms with Crippen LogP contribution in [-0.4, -0.2) is 46.0 Å². The lowest BCUT2D eigenvalue weighted by Crippen LogP contribution is -2.49. The number of benzene rings is 1. The highest BCUT2D eigenvalue weighted by atomic mass is 16.2. The zero-order chi connectivity index (χ0) is 17.4. The third-order valence-electron chi connectivity index (χ3n) is 5.95. The summed E-state index contributed by atoms with van der Waals surface area (Å²) < 4.78 is 2.38. The van der Waals surface area contributed by atoms with Crippen LogP contribution < -0.4 is 0 Å². The van der Waals surface area contributed by atoms with Crippen LogP contribution in [0.4, 0.5) is 0 Å². The number of likely N-dealkylation sites (tertiary alicyclic amines) is 1. The van der Waals surface area contributed by atoms with Gasteiger partial charge in [-0.05, 0) is 58.0 Å². The van der Waals surface area contributed by atoms with Gasteiger partial charge in [0.15, 0.2) is 0 Å². The van der Waals surface area contributed by atoms with Gasteiger partial charge in [-0.1, -0.05) is 24.5 Å². The van der Waals surface area contributed by atoms with Crippen molar-refractivity contribution in [3.05, 3.63) is 35.5 Å². The van der Waals surface area contributed by atoms with Crippen LogP contribution in [0.3, 0.4) is 0 Å². The zero-order valence-electron chi connectivity index (χ0n) is 15.5. The predicted molar refractivity (Wildman–Crippen MR) is 102 cm³/mol. The molecule has 1 fully saturated rings. The Labute approximate surface area is 150 Å². The molecular weight excluding hydrogens is 310 g/mol. The molecule has 1 unspecified atom stereocenters. The first-order valence-electron chi connectivity index (χ1n) is 9.75. The average Bonchev–Trinajstić information content (AvgIpc) is 2.79. The standard InChI is InChI=1S/C21H29N3O/c1-16-7-8-20-18(13-16)14-19-15-23(11-12-24(19)20)21(25)17(2)22-9-5-3-4-6-10-22/h7-8,13-14,17H,3-6,9-12,15H2,1-2H3. The number of aryl methyl sites for hydroxylation is 1. The molecule has 1 atom stereocenters. The second kappa shape index (κ2) is 6.83. The number of carbonyl (C=O) groups excluding carboxylic acids is 1. The van der Waals surface area contributed by atoms with Gasteiger partial charge in [-0.3, -0.25) is 9.69 Å². The van der Waals surface area contributed by atoms with E-state index in [1.807, 2.05) is 0 Å². The van der Waals surface area contributed by atoms with E-state index in [4.69, 9.17) is 0 Å². The number of rotatable bonds is 2. The van der Waals surface area contributed by atoms with E-state index in [-0.39, 0.29) is 6.04 Å². The van der Waals surface area contributed by atoms with E-state index in [1.165, 1.54) is 47.8 Å². The first kappa shape index (κ1) is 16.6. The topological polar surface area (TPSA) is 28.5 Å². The van der Waals surface area contributed by atoms with Crippen LogP contribution in [-0.2, 0) is 17.9 Å². The SMILES string of the molecule is Cc1ccc2c(c1)cc1n2CCN(C(=O)C(C)N2CCCCCC2)C1. The van der Waals surface area contributed by atoms with E-state index in [2.05, 4.69) is 52.5 Å². The van der Waals surface area contributed by atoms with Crippen LogP contribution >= 0.6 is 0 Å². The Balaban J connectivity index is 1.51. The Morgan fingerprint density at radius 2 is 1.76 bits per heavy atom. The van der Waals surface area contributed by atoms with Crippen molar-refractivity contribution < 1.29 is 4.79 Å². The summed E-state index contributed by atoms with van der Waals surface area (Å²) >= 11 is 0. The van der Waals surface area contributed by atoms with Crippen LogP contribution in [0, 0.1) is 6.92 Å².